The molecule has 0 aromatic carbocycles. The van der Waals surface area contributed by atoms with E-state index in [9.17, 15) is 14.4 Å². The van der Waals surface area contributed by atoms with Crippen LogP contribution in [-0.4, -0.2) is 66.5 Å². The molecule has 0 rings (SSSR count). The topological polar surface area (TPSA) is 90.0 Å². The highest BCUT2D eigenvalue weighted by Gasteiger charge is 2.23. The summed E-state index contributed by atoms with van der Waals surface area (Å²) in [6.45, 7) is 5.81. The Labute approximate surface area is 119 Å². The summed E-state index contributed by atoms with van der Waals surface area (Å²) in [5.74, 6) is -1.38. The molecule has 7 nitrogen and oxygen atoms in total. The molecule has 0 heterocycles. The standard InChI is InChI=1S/C13H25N3O4/c1-9(2)6-16(8-11(17)18)13(20)15(5)7-10(3)12(19)14-4/h9-10H,6-8H2,1-5H3,(H,14,19)(H,17,18). The molecule has 0 aliphatic heterocycles. The van der Waals surface area contributed by atoms with Crippen molar-refractivity contribution in [1.82, 2.24) is 15.1 Å². The minimum Gasteiger partial charge on any atom is -0.480 e. The van der Waals surface area contributed by atoms with E-state index >= 15 is 0 Å². The van der Waals surface area contributed by atoms with E-state index in [1.54, 1.807) is 14.0 Å². The summed E-state index contributed by atoms with van der Waals surface area (Å²) >= 11 is 0. The van der Waals surface area contributed by atoms with E-state index in [4.69, 9.17) is 5.11 Å². The van der Waals surface area contributed by atoms with Gasteiger partial charge in [0.1, 0.15) is 6.54 Å². The first kappa shape index (κ1) is 18.2. The highest BCUT2D eigenvalue weighted by atomic mass is 16.4. The largest absolute Gasteiger partial charge is 0.480 e. The Morgan fingerprint density at radius 2 is 1.70 bits per heavy atom. The van der Waals surface area contributed by atoms with Crippen molar-refractivity contribution in [2.45, 2.75) is 20.8 Å². The number of nitrogens with zero attached hydrogens (tertiary/aromatic N) is 2. The summed E-state index contributed by atoms with van der Waals surface area (Å²) in [6, 6.07) is -0.378. The molecule has 0 saturated carbocycles. The van der Waals surface area contributed by atoms with Gasteiger partial charge in [-0.3, -0.25) is 9.59 Å². The van der Waals surface area contributed by atoms with Crippen LogP contribution in [0.15, 0.2) is 0 Å². The minimum atomic E-state index is -1.05. The number of carbonyl (C=O) groups excluding carboxylic acids is 2. The SMILES string of the molecule is CNC(=O)C(C)CN(C)C(=O)N(CC(=O)O)CC(C)C. The van der Waals surface area contributed by atoms with E-state index in [1.807, 2.05) is 13.8 Å². The van der Waals surface area contributed by atoms with Crippen LogP contribution in [0.5, 0.6) is 0 Å². The maximum Gasteiger partial charge on any atom is 0.323 e. The van der Waals surface area contributed by atoms with Gasteiger partial charge in [-0.05, 0) is 5.92 Å². The van der Waals surface area contributed by atoms with Crippen LogP contribution in [-0.2, 0) is 9.59 Å². The third kappa shape index (κ3) is 6.40. The van der Waals surface area contributed by atoms with Crippen LogP contribution in [0.2, 0.25) is 0 Å². The van der Waals surface area contributed by atoms with Crippen LogP contribution in [0.3, 0.4) is 0 Å². The van der Waals surface area contributed by atoms with Crippen molar-refractivity contribution < 1.29 is 19.5 Å². The van der Waals surface area contributed by atoms with Gasteiger partial charge in [-0.25, -0.2) is 4.79 Å². The zero-order valence-electron chi connectivity index (χ0n) is 12.8. The van der Waals surface area contributed by atoms with Crippen LogP contribution >= 0.6 is 0 Å². The molecule has 1 unspecified atom stereocenters. The van der Waals surface area contributed by atoms with Crippen LogP contribution in [0.4, 0.5) is 4.79 Å². The van der Waals surface area contributed by atoms with Crippen molar-refractivity contribution >= 4 is 17.9 Å². The fourth-order valence-corrected chi connectivity index (χ4v) is 1.87. The molecule has 20 heavy (non-hydrogen) atoms. The van der Waals surface area contributed by atoms with E-state index in [0.29, 0.717) is 6.54 Å². The minimum absolute atomic E-state index is 0.154. The lowest BCUT2D eigenvalue weighted by atomic mass is 10.1. The fraction of sp³-hybridized carbons (Fsp3) is 0.769. The summed E-state index contributed by atoms with van der Waals surface area (Å²) in [5, 5.41) is 11.4. The second kappa shape index (κ2) is 8.39. The summed E-state index contributed by atoms with van der Waals surface area (Å²) in [6.07, 6.45) is 0. The monoisotopic (exact) mass is 287 g/mol. The molecule has 0 aromatic rings. The van der Waals surface area contributed by atoms with Crippen molar-refractivity contribution in [2.75, 3.05) is 33.7 Å². The third-order valence-electron chi connectivity index (χ3n) is 2.75. The summed E-state index contributed by atoms with van der Waals surface area (Å²) in [5.41, 5.74) is 0. The highest BCUT2D eigenvalue weighted by molar-refractivity contribution is 5.81. The van der Waals surface area contributed by atoms with E-state index in [0.717, 1.165) is 0 Å². The van der Waals surface area contributed by atoms with Gasteiger partial charge in [0.2, 0.25) is 5.91 Å². The number of hydrogen-bond acceptors (Lipinski definition) is 3. The second-order valence-corrected chi connectivity index (χ2v) is 5.35. The van der Waals surface area contributed by atoms with E-state index < -0.39 is 5.97 Å². The molecule has 0 fully saturated rings. The number of carbonyl (C=O) groups is 3. The Bertz CT molecular complexity index is 358. The maximum absolute atomic E-state index is 12.2. The highest BCUT2D eigenvalue weighted by Crippen LogP contribution is 2.06. The fourth-order valence-electron chi connectivity index (χ4n) is 1.87. The molecule has 2 N–H and O–H groups in total. The Kier molecular flexibility index (Phi) is 7.64. The zero-order valence-corrected chi connectivity index (χ0v) is 12.8. The molecule has 0 radical (unpaired) electrons. The number of amides is 3. The van der Waals surface area contributed by atoms with Gasteiger partial charge in [0.25, 0.3) is 0 Å². The summed E-state index contributed by atoms with van der Waals surface area (Å²) in [4.78, 5) is 37.1. The predicted octanol–water partition coefficient (Wildman–Crippen LogP) is 0.463. The molecule has 0 spiro atoms. The molecule has 3 amide bonds. The number of aliphatic carboxylic acids is 1. The molecule has 0 aliphatic rings. The number of carboxylic acids is 1. The third-order valence-corrected chi connectivity index (χ3v) is 2.75. The maximum atomic E-state index is 12.2. The van der Waals surface area contributed by atoms with Crippen LogP contribution < -0.4 is 5.32 Å². The Hall–Kier alpha value is -1.79. The Morgan fingerprint density at radius 3 is 2.10 bits per heavy atom. The summed E-state index contributed by atoms with van der Waals surface area (Å²) < 4.78 is 0. The van der Waals surface area contributed by atoms with Gasteiger partial charge in [0.15, 0.2) is 0 Å². The normalized spacial score (nSPS) is 11.9. The van der Waals surface area contributed by atoms with Gasteiger partial charge < -0.3 is 20.2 Å². The van der Waals surface area contributed by atoms with E-state index in [-0.39, 0.29) is 36.9 Å². The molecule has 7 heteroatoms. The average Bonchev–Trinajstić information content (AvgIpc) is 2.34. The number of carboxylic acid groups (broad SMARTS) is 1. The van der Waals surface area contributed by atoms with Crippen molar-refractivity contribution in [3.8, 4) is 0 Å². The lowest BCUT2D eigenvalue weighted by Gasteiger charge is -2.29. The predicted molar refractivity (Wildman–Crippen MR) is 75.3 cm³/mol. The zero-order chi connectivity index (χ0) is 15.9. The average molecular weight is 287 g/mol. The molecule has 116 valence electrons. The van der Waals surface area contributed by atoms with Gasteiger partial charge in [-0.15, -0.1) is 0 Å². The van der Waals surface area contributed by atoms with Crippen LogP contribution in [0.1, 0.15) is 20.8 Å². The van der Waals surface area contributed by atoms with Gasteiger partial charge >= 0.3 is 12.0 Å². The summed E-state index contributed by atoms with van der Waals surface area (Å²) in [7, 11) is 3.10. The molecule has 0 saturated heterocycles. The Balaban J connectivity index is 4.70. The van der Waals surface area contributed by atoms with Gasteiger partial charge in [-0.1, -0.05) is 20.8 Å². The number of urea groups is 1. The molecular formula is C13H25N3O4. The Morgan fingerprint density at radius 1 is 1.15 bits per heavy atom. The van der Waals surface area contributed by atoms with Crippen molar-refractivity contribution in [3.63, 3.8) is 0 Å². The molecular weight excluding hydrogens is 262 g/mol. The lowest BCUT2D eigenvalue weighted by molar-refractivity contribution is -0.138. The first-order valence-corrected chi connectivity index (χ1v) is 6.62. The lowest BCUT2D eigenvalue weighted by Crippen LogP contribution is -2.47. The first-order chi connectivity index (χ1) is 9.18. The smallest absolute Gasteiger partial charge is 0.323 e. The van der Waals surface area contributed by atoms with Gasteiger partial charge in [0, 0.05) is 27.2 Å². The van der Waals surface area contributed by atoms with Crippen molar-refractivity contribution in [3.05, 3.63) is 0 Å². The van der Waals surface area contributed by atoms with Crippen molar-refractivity contribution in [2.24, 2.45) is 11.8 Å². The van der Waals surface area contributed by atoms with E-state index in [2.05, 4.69) is 5.32 Å². The molecule has 0 bridgehead atoms. The van der Waals surface area contributed by atoms with E-state index in [1.165, 1.54) is 16.8 Å². The first-order valence-electron chi connectivity index (χ1n) is 6.62. The number of rotatable bonds is 7. The van der Waals surface area contributed by atoms with Crippen LogP contribution in [0, 0.1) is 11.8 Å². The van der Waals surface area contributed by atoms with Gasteiger partial charge in [-0.2, -0.15) is 0 Å². The number of nitrogens with one attached hydrogen (secondary N) is 1. The van der Waals surface area contributed by atoms with Crippen molar-refractivity contribution in [1.29, 1.82) is 0 Å². The number of hydrogen-bond donors (Lipinski definition) is 2. The molecule has 1 atom stereocenters. The second-order valence-electron chi connectivity index (χ2n) is 5.35. The molecule has 0 aromatic heterocycles. The van der Waals surface area contributed by atoms with Gasteiger partial charge in [0.05, 0.1) is 5.92 Å². The van der Waals surface area contributed by atoms with Crippen LogP contribution in [0.25, 0.3) is 0 Å². The quantitative estimate of drug-likeness (QED) is 0.712. The molecule has 0 aliphatic carbocycles.